The van der Waals surface area contributed by atoms with E-state index in [-0.39, 0.29) is 67.7 Å². The molecule has 0 spiro atoms. The Hall–Kier alpha value is -13.3. The number of H-pyrrole nitrogens is 5. The molecule has 5 aromatic heterocycles. The first kappa shape index (κ1) is 104. The molecule has 0 radical (unpaired) electrons. The van der Waals surface area contributed by atoms with Gasteiger partial charge in [-0.05, 0) is 295 Å². The Kier molecular flexibility index (Phi) is 33.0. The van der Waals surface area contributed by atoms with E-state index in [9.17, 15) is 63.6 Å². The lowest BCUT2D eigenvalue weighted by atomic mass is 9.98. The van der Waals surface area contributed by atoms with E-state index in [1.807, 2.05) is 85.9 Å². The van der Waals surface area contributed by atoms with Crippen LogP contribution in [0.1, 0.15) is 229 Å². The molecule has 8 amide bonds. The van der Waals surface area contributed by atoms with Crippen LogP contribution >= 0.6 is 0 Å². The van der Waals surface area contributed by atoms with Gasteiger partial charge < -0.3 is 81.7 Å². The summed E-state index contributed by atoms with van der Waals surface area (Å²) in [6.45, 7) is 38.7. The van der Waals surface area contributed by atoms with Crippen molar-refractivity contribution in [1.29, 1.82) is 0 Å². The molecule has 7 aliphatic rings. The average molecular weight is 1960 g/mol. The second-order valence-electron chi connectivity index (χ2n) is 36.3. The van der Waals surface area contributed by atoms with Crippen LogP contribution in [0, 0.1) is 55.4 Å². The lowest BCUT2D eigenvalue weighted by molar-refractivity contribution is -0.113. The number of nitrogens with one attached hydrogen (secondary N) is 12. The Morgan fingerprint density at radius 2 is 0.679 bits per heavy atom. The average Bonchev–Trinajstić information content (AvgIpc) is 1.61. The maximum Gasteiger partial charge on any atom is 0.258 e. The fraction of sp³-hybridized carbons (Fsp3) is 0.364. The van der Waals surface area contributed by atoms with Gasteiger partial charge in [0, 0.05) is 166 Å². The van der Waals surface area contributed by atoms with Crippen molar-refractivity contribution in [3.63, 3.8) is 0 Å². The summed E-state index contributed by atoms with van der Waals surface area (Å²) in [7, 11) is -8.38. The number of hydrogen-bond acceptors (Lipinski definition) is 17. The zero-order chi connectivity index (χ0) is 101. The number of sulfone groups is 3. The van der Waals surface area contributed by atoms with E-state index in [2.05, 4.69) is 156 Å². The van der Waals surface area contributed by atoms with Gasteiger partial charge in [-0.25, -0.2) is 25.3 Å². The second-order valence-corrected chi connectivity index (χ2v) is 42.6. The number of nitrogens with zero attached hydrogens (tertiary/aromatic N) is 4. The van der Waals surface area contributed by atoms with Crippen LogP contribution in [-0.4, -0.2) is 216 Å². The molecule has 0 saturated carbocycles. The molecule has 10 aromatic rings. The highest BCUT2D eigenvalue weighted by Gasteiger charge is 2.35. The lowest BCUT2D eigenvalue weighted by Crippen LogP contribution is -2.35. The molecule has 0 fully saturated rings. The molecule has 30 nitrogen and oxygen atoms in total. The van der Waals surface area contributed by atoms with E-state index < -0.39 is 29.5 Å². The number of aromatic nitrogens is 5. The minimum atomic E-state index is -3.41. The zero-order valence-corrected chi connectivity index (χ0v) is 85.7. The Bertz CT molecular complexity index is 6840. The lowest BCUT2D eigenvalue weighted by Gasteiger charge is -2.18. The topological polar surface area (TPSA) is 415 Å². The first-order valence-corrected chi connectivity index (χ1v) is 53.4. The summed E-state index contributed by atoms with van der Waals surface area (Å²) >= 11 is 0. The molecule has 0 atom stereocenters. The number of aryl methyl sites for hydroxylation is 9. The third kappa shape index (κ3) is 23.5. The molecule has 12 N–H and O–H groups in total. The molecule has 5 aliphatic heterocycles. The van der Waals surface area contributed by atoms with Crippen LogP contribution in [0.25, 0.3) is 58.2 Å². The third-order valence-electron chi connectivity index (χ3n) is 26.9. The van der Waals surface area contributed by atoms with Gasteiger partial charge in [-0.3, -0.25) is 38.4 Å². The number of amides is 8. The number of carbonyl (C=O) groups is 8. The summed E-state index contributed by atoms with van der Waals surface area (Å²) in [5.41, 5.74) is 27.7. The van der Waals surface area contributed by atoms with Crippen molar-refractivity contribution in [2.24, 2.45) is 0 Å². The van der Waals surface area contributed by atoms with Gasteiger partial charge in [0.25, 0.3) is 47.3 Å². The Morgan fingerprint density at radius 3 is 1.02 bits per heavy atom. The first-order chi connectivity index (χ1) is 66.6. The highest BCUT2D eigenvalue weighted by Crippen LogP contribution is 2.43. The van der Waals surface area contributed by atoms with Gasteiger partial charge in [-0.1, -0.05) is 71.7 Å². The van der Waals surface area contributed by atoms with Crippen molar-refractivity contribution in [2.75, 3.05) is 130 Å². The van der Waals surface area contributed by atoms with E-state index >= 15 is 0 Å². The van der Waals surface area contributed by atoms with Gasteiger partial charge in [-0.15, -0.1) is 0 Å². The van der Waals surface area contributed by atoms with Crippen molar-refractivity contribution in [2.45, 2.75) is 170 Å². The minimum Gasteiger partial charge on any atom is -0.359 e. The van der Waals surface area contributed by atoms with Gasteiger partial charge in [0.05, 0.1) is 70.7 Å². The number of fused-ring (bicyclic) bond motifs is 7. The molecule has 5 aromatic carbocycles. The number of likely N-dealkylation sites (N-methyl/N-ethyl adjacent to an activating group) is 4. The molecular weight excluding hydrogens is 1830 g/mol. The van der Waals surface area contributed by atoms with E-state index in [1.165, 1.54) is 95.7 Å². The Labute approximate surface area is 820 Å². The predicted molar refractivity (Wildman–Crippen MR) is 559 cm³/mol. The molecule has 10 heterocycles. The molecule has 2 aliphatic carbocycles. The van der Waals surface area contributed by atoms with E-state index in [0.29, 0.717) is 121 Å². The largest absolute Gasteiger partial charge is 0.359 e. The highest BCUT2D eigenvalue weighted by molar-refractivity contribution is 7.91. The quantitative estimate of drug-likeness (QED) is 0.0213. The van der Waals surface area contributed by atoms with Crippen molar-refractivity contribution in [1.82, 2.24) is 55.6 Å². The minimum absolute atomic E-state index is 0.0110. The van der Waals surface area contributed by atoms with Crippen LogP contribution < -0.4 is 42.1 Å². The van der Waals surface area contributed by atoms with Gasteiger partial charge in [0.15, 0.2) is 29.5 Å². The standard InChI is InChI=1S/C24H32N4O4S.2C23H30N4O4S.C19H20N2O.C18H18N2O/c1-6-28(7-2)12-11-25-24(30)22-15(4)21(26-16(22)5)14-19-18-13-17(33(31,32)8-3)9-10-20(18)27-23(19)29;2*1-6-27(7-2)11-10-24-23(29)21-14(3)20(25-15(21)4)13-18-17-12-16(32(5,30)31)8-9-19(17)26-22(18)28;1-12-7-8-18-15(9-12)16(19(22)21(18)2)11-14-10-13-5-3-4-6-17(13)20-14;1-11-6-7-17-14(8-11)15(18(21)20-17)10-13-9-12-4-2-3-5-16(12)19-13/h9-10,13-14,26H,6-8,11-12H2,1-5H3,(H,25,30)(H,27,29);2*8-9,12-13,25H,6-7,10-11H2,1-5H3,(H,24,29)(H,26,28);7-11,20H,3-6H2,1-2H3;6-10,19H,2-5H2,1H3,(H,20,21)/b19-14-;2*18-13-;16-11-;15-10-. The Balaban J connectivity index is 0.000000149. The molecular formula is C107H130N16O14S3. The number of aromatic amines is 5. The Morgan fingerprint density at radius 1 is 0.371 bits per heavy atom. The van der Waals surface area contributed by atoms with E-state index in [0.717, 1.165) is 159 Å². The molecule has 17 rings (SSSR count). The molecule has 0 saturated heterocycles. The van der Waals surface area contributed by atoms with Crippen LogP contribution in [-0.2, 0) is 79.2 Å². The first-order valence-electron chi connectivity index (χ1n) is 48.0. The second kappa shape index (κ2) is 44.4. The maximum absolute atomic E-state index is 12.8. The number of carbonyl (C=O) groups excluding carboxylic acids is 8. The normalized spacial score (nSPS) is 15.9. The molecule has 33 heteroatoms. The number of hydrogen-bond donors (Lipinski definition) is 12. The SMILES string of the molecule is CCN(CC)CCNC(=O)c1c(C)[nH]c(/C=C2\C(=O)Nc3ccc(S(=O)(=O)CC)cc32)c1C.CCN(CC)CCNC(=O)c1c(C)[nH]c(/C=C2\C(=O)Nc3ccc(S(C)(=O)=O)cc32)c1C.CCN(CC)CCNC(=O)c1c(C)[nH]c(/C=C2\C(=O)Nc3ccc(S(C)(=O)=O)cc32)c1C.Cc1ccc2c(c1)/C(=C/c1cc3c([nH]1)CCCC3)C(=O)N2.Cc1ccc2c(c1)/C(=C/c1cc3c([nH]1)CCCC3)C(=O)N2C. The summed E-state index contributed by atoms with van der Waals surface area (Å²) < 4.78 is 72.4. The summed E-state index contributed by atoms with van der Waals surface area (Å²) in [5.74, 6) is -1.39. The molecule has 0 bridgehead atoms. The number of anilines is 5. The van der Waals surface area contributed by atoms with Crippen molar-refractivity contribution < 1.29 is 63.6 Å². The van der Waals surface area contributed by atoms with Crippen LogP contribution in [0.5, 0.6) is 0 Å². The number of rotatable bonds is 27. The highest BCUT2D eigenvalue weighted by atomic mass is 32.2. The van der Waals surface area contributed by atoms with Gasteiger partial charge in [-0.2, -0.15) is 0 Å². The van der Waals surface area contributed by atoms with Crippen LogP contribution in [0.15, 0.2) is 118 Å². The van der Waals surface area contributed by atoms with E-state index in [1.54, 1.807) is 48.3 Å². The summed E-state index contributed by atoms with van der Waals surface area (Å²) in [6, 6.07) is 30.4. The van der Waals surface area contributed by atoms with E-state index in [4.69, 9.17) is 0 Å². The van der Waals surface area contributed by atoms with Crippen LogP contribution in [0.2, 0.25) is 0 Å². The summed E-state index contributed by atoms with van der Waals surface area (Å²) in [4.78, 5) is 126. The molecule has 740 valence electrons. The van der Waals surface area contributed by atoms with Gasteiger partial charge >= 0.3 is 0 Å². The fourth-order valence-electron chi connectivity index (χ4n) is 18.7. The molecule has 140 heavy (non-hydrogen) atoms. The third-order valence-corrected chi connectivity index (χ3v) is 30.8. The smallest absolute Gasteiger partial charge is 0.258 e. The summed E-state index contributed by atoms with van der Waals surface area (Å²) in [6.07, 6.45) is 20.9. The van der Waals surface area contributed by atoms with Gasteiger partial charge in [0.2, 0.25) is 0 Å². The van der Waals surface area contributed by atoms with Gasteiger partial charge in [0.1, 0.15) is 0 Å². The van der Waals surface area contributed by atoms with Crippen molar-refractivity contribution >= 4 is 163 Å². The fourth-order valence-corrected chi connectivity index (χ4v) is 20.9. The van der Waals surface area contributed by atoms with Crippen molar-refractivity contribution in [3.8, 4) is 0 Å². The van der Waals surface area contributed by atoms with Crippen molar-refractivity contribution in [3.05, 3.63) is 244 Å². The summed E-state index contributed by atoms with van der Waals surface area (Å²) in [5, 5.41) is 20.1. The number of benzene rings is 5. The molecule has 0 unspecified atom stereocenters. The predicted octanol–water partition coefficient (Wildman–Crippen LogP) is 15.6. The van der Waals surface area contributed by atoms with Crippen LogP contribution in [0.3, 0.4) is 0 Å². The maximum atomic E-state index is 12.8. The van der Waals surface area contributed by atoms with Crippen LogP contribution in [0.4, 0.5) is 28.4 Å². The monoisotopic (exact) mass is 1960 g/mol. The zero-order valence-electron chi connectivity index (χ0n) is 83.3.